The Balaban J connectivity index is 2.80. The van der Waals surface area contributed by atoms with Gasteiger partial charge in [0.25, 0.3) is 5.56 Å². The van der Waals surface area contributed by atoms with E-state index in [4.69, 9.17) is 10.9 Å². The minimum atomic E-state index is -0.189. The lowest BCUT2D eigenvalue weighted by Gasteiger charge is -2.11. The molecule has 0 radical (unpaired) electrons. The maximum Gasteiger partial charge on any atom is 0.261 e. The second-order valence-electron chi connectivity index (χ2n) is 4.74. The van der Waals surface area contributed by atoms with E-state index >= 15 is 0 Å². The van der Waals surface area contributed by atoms with Crippen LogP contribution in [0.25, 0.3) is 0 Å². The molecule has 0 aliphatic carbocycles. The summed E-state index contributed by atoms with van der Waals surface area (Å²) in [5.74, 6) is -0.135. The Morgan fingerprint density at radius 2 is 2.00 bits per heavy atom. The number of aromatic nitrogens is 1. The molecular weight excluding hydrogens is 242 g/mol. The van der Waals surface area contributed by atoms with Crippen molar-refractivity contribution in [2.75, 3.05) is 0 Å². The highest BCUT2D eigenvalue weighted by atomic mass is 16.4. The number of amidine groups is 1. The summed E-state index contributed by atoms with van der Waals surface area (Å²) in [4.78, 5) is 12.2. The van der Waals surface area contributed by atoms with E-state index in [0.29, 0.717) is 6.54 Å². The number of hydrogen-bond donors (Lipinski definition) is 2. The number of hydrogen-bond acceptors (Lipinski definition) is 3. The highest BCUT2D eigenvalue weighted by Crippen LogP contribution is 2.05. The lowest BCUT2D eigenvalue weighted by Crippen LogP contribution is -2.31. The normalized spacial score (nSPS) is 11.8. The third-order valence-electron chi connectivity index (χ3n) is 3.26. The summed E-state index contributed by atoms with van der Waals surface area (Å²) in [6, 6.07) is 3.42. The number of aryl methyl sites for hydroxylation is 1. The van der Waals surface area contributed by atoms with E-state index in [0.717, 1.165) is 18.5 Å². The van der Waals surface area contributed by atoms with Crippen LogP contribution in [0.15, 0.2) is 22.1 Å². The van der Waals surface area contributed by atoms with Crippen molar-refractivity contribution < 1.29 is 5.21 Å². The molecule has 0 atom stereocenters. The van der Waals surface area contributed by atoms with Crippen LogP contribution in [0, 0.1) is 6.92 Å². The van der Waals surface area contributed by atoms with Crippen molar-refractivity contribution in [3.63, 3.8) is 0 Å². The lowest BCUT2D eigenvalue weighted by atomic mass is 10.1. The monoisotopic (exact) mass is 265 g/mol. The highest BCUT2D eigenvalue weighted by molar-refractivity contribution is 5.96. The largest absolute Gasteiger partial charge is 0.409 e. The number of pyridine rings is 1. The van der Waals surface area contributed by atoms with Gasteiger partial charge in [-0.25, -0.2) is 0 Å². The summed E-state index contributed by atoms with van der Waals surface area (Å²) in [6.45, 7) is 4.75. The van der Waals surface area contributed by atoms with Gasteiger partial charge in [0, 0.05) is 12.2 Å². The Morgan fingerprint density at radius 3 is 2.63 bits per heavy atom. The van der Waals surface area contributed by atoms with E-state index in [-0.39, 0.29) is 17.0 Å². The number of rotatable bonds is 7. The van der Waals surface area contributed by atoms with Crippen molar-refractivity contribution in [2.24, 2.45) is 10.9 Å². The molecule has 0 saturated carbocycles. The molecule has 1 heterocycles. The highest BCUT2D eigenvalue weighted by Gasteiger charge is 2.09. The summed E-state index contributed by atoms with van der Waals surface area (Å²) in [5, 5.41) is 11.6. The van der Waals surface area contributed by atoms with Gasteiger partial charge < -0.3 is 15.5 Å². The standard InChI is InChI=1S/C14H23N3O2/c1-3-4-5-6-7-10-17-11(2)8-9-12(14(17)18)13(15)16-19/h8-9,19H,3-7,10H2,1-2H3,(H2,15,16). The first kappa shape index (κ1) is 15.3. The third kappa shape index (κ3) is 4.12. The molecule has 5 nitrogen and oxygen atoms in total. The predicted octanol–water partition coefficient (Wildman–Crippen LogP) is 2.22. The fourth-order valence-corrected chi connectivity index (χ4v) is 2.07. The van der Waals surface area contributed by atoms with Gasteiger partial charge in [-0.2, -0.15) is 0 Å². The maximum atomic E-state index is 12.2. The van der Waals surface area contributed by atoms with Crippen molar-refractivity contribution in [3.8, 4) is 0 Å². The second kappa shape index (κ2) is 7.61. The summed E-state index contributed by atoms with van der Waals surface area (Å²) >= 11 is 0. The summed E-state index contributed by atoms with van der Waals surface area (Å²) in [7, 11) is 0. The van der Waals surface area contributed by atoms with Crippen LogP contribution in [0.3, 0.4) is 0 Å². The van der Waals surface area contributed by atoms with Crippen LogP contribution < -0.4 is 11.3 Å². The first-order valence-corrected chi connectivity index (χ1v) is 6.80. The van der Waals surface area contributed by atoms with E-state index in [1.165, 1.54) is 19.3 Å². The van der Waals surface area contributed by atoms with Crippen LogP contribution in [0.1, 0.15) is 50.3 Å². The second-order valence-corrected chi connectivity index (χ2v) is 4.74. The van der Waals surface area contributed by atoms with E-state index in [9.17, 15) is 4.79 Å². The zero-order valence-corrected chi connectivity index (χ0v) is 11.7. The average Bonchev–Trinajstić information content (AvgIpc) is 2.41. The molecular formula is C14H23N3O2. The van der Waals surface area contributed by atoms with Gasteiger partial charge in [0.15, 0.2) is 5.84 Å². The van der Waals surface area contributed by atoms with Crippen molar-refractivity contribution in [2.45, 2.75) is 52.5 Å². The molecule has 5 heteroatoms. The molecule has 1 rings (SSSR count). The summed E-state index contributed by atoms with van der Waals surface area (Å²) in [5.41, 5.74) is 6.46. The molecule has 1 aromatic heterocycles. The van der Waals surface area contributed by atoms with Gasteiger partial charge in [-0.15, -0.1) is 0 Å². The minimum absolute atomic E-state index is 0.135. The number of unbranched alkanes of at least 4 members (excludes halogenated alkanes) is 4. The van der Waals surface area contributed by atoms with Gasteiger partial charge in [0.05, 0.1) is 5.56 Å². The number of nitrogens with two attached hydrogens (primary N) is 1. The van der Waals surface area contributed by atoms with E-state index < -0.39 is 0 Å². The molecule has 106 valence electrons. The predicted molar refractivity (Wildman–Crippen MR) is 76.7 cm³/mol. The van der Waals surface area contributed by atoms with Crippen LogP contribution in [0.5, 0.6) is 0 Å². The first-order chi connectivity index (χ1) is 9.11. The molecule has 19 heavy (non-hydrogen) atoms. The number of oxime groups is 1. The van der Waals surface area contributed by atoms with E-state index in [1.807, 2.05) is 13.0 Å². The van der Waals surface area contributed by atoms with Gasteiger partial charge in [0.2, 0.25) is 0 Å². The van der Waals surface area contributed by atoms with Crippen LogP contribution in [0.4, 0.5) is 0 Å². The Bertz CT molecular complexity index is 492. The van der Waals surface area contributed by atoms with Crippen LogP contribution in [0.2, 0.25) is 0 Å². The molecule has 0 fully saturated rings. The van der Waals surface area contributed by atoms with Crippen molar-refractivity contribution in [1.29, 1.82) is 0 Å². The molecule has 0 spiro atoms. The third-order valence-corrected chi connectivity index (χ3v) is 3.26. The SMILES string of the molecule is CCCCCCCn1c(C)ccc(/C(N)=N/O)c1=O. The lowest BCUT2D eigenvalue weighted by molar-refractivity contribution is 0.318. The fourth-order valence-electron chi connectivity index (χ4n) is 2.07. The molecule has 0 aliphatic heterocycles. The zero-order valence-electron chi connectivity index (χ0n) is 11.7. The Morgan fingerprint density at radius 1 is 1.32 bits per heavy atom. The van der Waals surface area contributed by atoms with Crippen LogP contribution in [-0.4, -0.2) is 15.6 Å². The molecule has 0 aromatic carbocycles. The zero-order chi connectivity index (χ0) is 14.3. The van der Waals surface area contributed by atoms with Crippen molar-refractivity contribution in [1.82, 2.24) is 4.57 Å². The van der Waals surface area contributed by atoms with Crippen LogP contribution >= 0.6 is 0 Å². The smallest absolute Gasteiger partial charge is 0.261 e. The van der Waals surface area contributed by atoms with E-state index in [1.54, 1.807) is 10.6 Å². The topological polar surface area (TPSA) is 80.6 Å². The molecule has 0 aliphatic rings. The van der Waals surface area contributed by atoms with Crippen molar-refractivity contribution in [3.05, 3.63) is 33.7 Å². The fraction of sp³-hybridized carbons (Fsp3) is 0.571. The molecule has 3 N–H and O–H groups in total. The Labute approximate surface area is 113 Å². The molecule has 0 saturated heterocycles. The van der Waals surface area contributed by atoms with Gasteiger partial charge in [-0.3, -0.25) is 4.79 Å². The van der Waals surface area contributed by atoms with Gasteiger partial charge in [-0.1, -0.05) is 37.8 Å². The minimum Gasteiger partial charge on any atom is -0.409 e. The Kier molecular flexibility index (Phi) is 6.12. The molecule has 0 amide bonds. The molecule has 1 aromatic rings. The molecule has 0 bridgehead atoms. The summed E-state index contributed by atoms with van der Waals surface area (Å²) in [6.07, 6.45) is 5.73. The Hall–Kier alpha value is -1.78. The van der Waals surface area contributed by atoms with E-state index in [2.05, 4.69) is 12.1 Å². The van der Waals surface area contributed by atoms with Crippen LogP contribution in [-0.2, 0) is 6.54 Å². The number of nitrogens with zero attached hydrogens (tertiary/aromatic N) is 2. The van der Waals surface area contributed by atoms with Crippen molar-refractivity contribution >= 4 is 5.84 Å². The summed E-state index contributed by atoms with van der Waals surface area (Å²) < 4.78 is 1.69. The average molecular weight is 265 g/mol. The van der Waals surface area contributed by atoms with Gasteiger partial charge >= 0.3 is 0 Å². The van der Waals surface area contributed by atoms with Gasteiger partial charge in [-0.05, 0) is 25.5 Å². The molecule has 0 unspecified atom stereocenters. The maximum absolute atomic E-state index is 12.2. The quantitative estimate of drug-likeness (QED) is 0.261. The van der Waals surface area contributed by atoms with Gasteiger partial charge in [0.1, 0.15) is 0 Å². The first-order valence-electron chi connectivity index (χ1n) is 6.80.